The first kappa shape index (κ1) is 41.3. The van der Waals surface area contributed by atoms with E-state index in [1.807, 2.05) is 19.0 Å². The van der Waals surface area contributed by atoms with E-state index in [0.29, 0.717) is 12.8 Å². The first-order chi connectivity index (χ1) is 26.9. The molecular weight excluding hydrogens is 746 g/mol. The molecule has 0 bridgehead atoms. The van der Waals surface area contributed by atoms with Crippen LogP contribution in [0.25, 0.3) is 0 Å². The van der Waals surface area contributed by atoms with E-state index in [-0.39, 0.29) is 64.5 Å². The molecule has 0 saturated carbocycles. The van der Waals surface area contributed by atoms with Crippen LogP contribution in [0, 0.1) is 0 Å². The van der Waals surface area contributed by atoms with E-state index in [4.69, 9.17) is 33.2 Å². The molecule has 4 N–H and O–H groups in total. The second-order valence-electron chi connectivity index (χ2n) is 16.2. The Morgan fingerprint density at radius 3 is 2.19 bits per heavy atom. The number of ether oxygens (including phenoxy) is 7. The SMILES string of the molecule is COC(=O)[C@@H]1c2cc3c(c(O)c2[C@@H](OC2C[C@H](N(C)C)[C@H](O[C@H]4C[C@H](O)[C@@H](O[C@@H]5CCC(=O)[C@H](C)O5)[C@H](C)O4)[C@H](C)O2)C[C@@]1(C)O)C(=O)c1c(O)cccc1C3=O. The molecule has 3 fully saturated rings. The van der Waals surface area contributed by atoms with Gasteiger partial charge in [-0.1, -0.05) is 12.1 Å². The van der Waals surface area contributed by atoms with Crippen molar-refractivity contribution in [1.82, 2.24) is 4.90 Å². The maximum Gasteiger partial charge on any atom is 0.316 e. The number of hydrogen-bond acceptors (Lipinski definition) is 16. The Morgan fingerprint density at radius 1 is 0.877 bits per heavy atom. The molecule has 2 aliphatic carbocycles. The summed E-state index contributed by atoms with van der Waals surface area (Å²) in [6, 6.07) is 5.07. The lowest BCUT2D eigenvalue weighted by Gasteiger charge is -2.48. The first-order valence-electron chi connectivity index (χ1n) is 19.3. The number of phenolic OH excluding ortho intramolecular Hbond substituents is 2. The van der Waals surface area contributed by atoms with Gasteiger partial charge in [-0.3, -0.25) is 19.2 Å². The van der Waals surface area contributed by atoms with Gasteiger partial charge in [-0.05, 0) is 59.5 Å². The van der Waals surface area contributed by atoms with Gasteiger partial charge in [0.25, 0.3) is 0 Å². The van der Waals surface area contributed by atoms with Gasteiger partial charge < -0.3 is 58.5 Å². The summed E-state index contributed by atoms with van der Waals surface area (Å²) in [7, 11) is 4.89. The molecule has 2 aromatic carbocycles. The molecule has 57 heavy (non-hydrogen) atoms. The van der Waals surface area contributed by atoms with E-state index in [1.165, 1.54) is 31.2 Å². The van der Waals surface area contributed by atoms with Crippen LogP contribution in [0.5, 0.6) is 11.5 Å². The molecule has 2 aromatic rings. The van der Waals surface area contributed by atoms with Gasteiger partial charge in [0, 0.05) is 54.8 Å². The topological polar surface area (TPSA) is 217 Å². The zero-order valence-electron chi connectivity index (χ0n) is 33.0. The molecule has 3 aliphatic heterocycles. The molecule has 16 heteroatoms. The Balaban J connectivity index is 1.12. The molecule has 0 amide bonds. The maximum atomic E-state index is 13.9. The highest BCUT2D eigenvalue weighted by atomic mass is 16.7. The van der Waals surface area contributed by atoms with Crippen LogP contribution < -0.4 is 0 Å². The van der Waals surface area contributed by atoms with Crippen LogP contribution in [-0.2, 0) is 42.7 Å². The van der Waals surface area contributed by atoms with Crippen molar-refractivity contribution in [3.63, 3.8) is 0 Å². The fourth-order valence-electron chi connectivity index (χ4n) is 9.06. The number of aliphatic hydroxyl groups excluding tert-OH is 1. The predicted molar refractivity (Wildman–Crippen MR) is 197 cm³/mol. The fraction of sp³-hybridized carbons (Fsp3) is 0.610. The Labute approximate surface area is 329 Å². The van der Waals surface area contributed by atoms with Crippen LogP contribution >= 0.6 is 0 Å². The average molecular weight is 798 g/mol. The summed E-state index contributed by atoms with van der Waals surface area (Å²) in [6.45, 7) is 6.68. The summed E-state index contributed by atoms with van der Waals surface area (Å²) in [5.74, 6) is -4.65. The molecule has 0 spiro atoms. The van der Waals surface area contributed by atoms with Crippen LogP contribution in [0.3, 0.4) is 0 Å². The van der Waals surface area contributed by atoms with Crippen molar-refractivity contribution in [2.45, 2.75) is 139 Å². The van der Waals surface area contributed by atoms with Gasteiger partial charge in [0.05, 0.1) is 48.3 Å². The summed E-state index contributed by atoms with van der Waals surface area (Å²) < 4.78 is 42.4. The van der Waals surface area contributed by atoms with Crippen molar-refractivity contribution >= 4 is 23.3 Å². The summed E-state index contributed by atoms with van der Waals surface area (Å²) in [5, 5.41) is 45.4. The van der Waals surface area contributed by atoms with Crippen LogP contribution in [0.15, 0.2) is 24.3 Å². The van der Waals surface area contributed by atoms with Gasteiger partial charge in [0.2, 0.25) is 5.78 Å². The number of likely N-dealkylation sites (N-methyl/N-ethyl adjacent to an activating group) is 1. The molecule has 16 nitrogen and oxygen atoms in total. The van der Waals surface area contributed by atoms with Crippen molar-refractivity contribution in [3.05, 3.63) is 57.6 Å². The van der Waals surface area contributed by atoms with Gasteiger partial charge in [0.15, 0.2) is 30.4 Å². The van der Waals surface area contributed by atoms with E-state index in [9.17, 15) is 39.6 Å². The quantitative estimate of drug-likeness (QED) is 0.241. The largest absolute Gasteiger partial charge is 0.507 e. The number of nitrogens with zero attached hydrogens (tertiary/aromatic N) is 1. The van der Waals surface area contributed by atoms with Gasteiger partial charge in [0.1, 0.15) is 35.7 Å². The van der Waals surface area contributed by atoms with E-state index < -0.39 is 102 Å². The maximum absolute atomic E-state index is 13.9. The van der Waals surface area contributed by atoms with Crippen molar-refractivity contribution < 1.29 is 72.8 Å². The Kier molecular flexibility index (Phi) is 11.4. The molecular formula is C41H51NO15. The van der Waals surface area contributed by atoms with Crippen LogP contribution in [-0.4, -0.2) is 137 Å². The number of aliphatic hydroxyl groups is 2. The Hall–Kier alpha value is -3.84. The number of methoxy groups -OCH3 is 1. The molecule has 0 aromatic heterocycles. The van der Waals surface area contributed by atoms with Crippen LogP contribution in [0.2, 0.25) is 0 Å². The number of aromatic hydroxyl groups is 2. The monoisotopic (exact) mass is 797 g/mol. The second-order valence-corrected chi connectivity index (χ2v) is 16.2. The Bertz CT molecular complexity index is 1920. The number of fused-ring (bicyclic) bond motifs is 3. The number of carbonyl (C=O) groups is 4. The van der Waals surface area contributed by atoms with Crippen molar-refractivity contribution in [2.75, 3.05) is 21.2 Å². The third-order valence-corrected chi connectivity index (χ3v) is 12.0. The first-order valence-corrected chi connectivity index (χ1v) is 19.3. The second kappa shape index (κ2) is 15.7. The Morgan fingerprint density at radius 2 is 1.54 bits per heavy atom. The van der Waals surface area contributed by atoms with E-state index in [1.54, 1.807) is 20.8 Å². The normalized spacial score (nSPS) is 36.7. The highest BCUT2D eigenvalue weighted by Gasteiger charge is 2.52. The van der Waals surface area contributed by atoms with Crippen molar-refractivity contribution in [2.24, 2.45) is 0 Å². The van der Waals surface area contributed by atoms with Gasteiger partial charge in [-0.2, -0.15) is 0 Å². The smallest absolute Gasteiger partial charge is 0.316 e. The van der Waals surface area contributed by atoms with Crippen molar-refractivity contribution in [3.8, 4) is 11.5 Å². The lowest BCUT2D eigenvalue weighted by atomic mass is 9.68. The molecule has 3 heterocycles. The summed E-state index contributed by atoms with van der Waals surface area (Å²) in [6.07, 6.45) is -6.74. The third-order valence-electron chi connectivity index (χ3n) is 12.0. The molecule has 0 radical (unpaired) electrons. The number of ketones is 3. The lowest BCUT2D eigenvalue weighted by Crippen LogP contribution is -2.58. The zero-order chi connectivity index (χ0) is 41.2. The van der Waals surface area contributed by atoms with Crippen LogP contribution in [0.4, 0.5) is 0 Å². The molecule has 310 valence electrons. The molecule has 3 saturated heterocycles. The number of phenols is 2. The summed E-state index contributed by atoms with van der Waals surface area (Å²) >= 11 is 0. The van der Waals surface area contributed by atoms with Crippen molar-refractivity contribution in [1.29, 1.82) is 0 Å². The highest BCUT2D eigenvalue weighted by molar-refractivity contribution is 6.30. The lowest BCUT2D eigenvalue weighted by molar-refractivity contribution is -0.324. The minimum atomic E-state index is -1.80. The standard InChI is InChI=1S/C41H51NO15/c1-17-24(43)11-12-28(52-17)56-39-19(3)54-30(15-26(39)45)57-38-18(2)53-29(14-23(38)42(5)6)55-27-16-41(4,50)34(40(49)51-7)21-13-22-33(37(48)32(21)27)36(47)31-20(35(22)46)9-8-10-25(31)44/h8-10,13,17-19,23,26-30,34,38-39,44-45,48,50H,11-12,14-16H2,1-7H3/t17-,18-,19-,23-,26-,27-,28+,29?,30-,34-,38+,39-,41+/m0/s1. The third kappa shape index (κ3) is 7.51. The number of Topliss-reactive ketones (excluding diaryl/α,β-unsaturated/α-hetero) is 1. The van der Waals surface area contributed by atoms with Gasteiger partial charge in [-0.15, -0.1) is 0 Å². The van der Waals surface area contributed by atoms with E-state index >= 15 is 0 Å². The summed E-state index contributed by atoms with van der Waals surface area (Å²) in [5.41, 5.74) is -2.58. The number of carbonyl (C=O) groups excluding carboxylic acids is 4. The fourth-order valence-corrected chi connectivity index (χ4v) is 9.06. The minimum absolute atomic E-state index is 0.00518. The zero-order valence-corrected chi connectivity index (χ0v) is 33.0. The summed E-state index contributed by atoms with van der Waals surface area (Å²) in [4.78, 5) is 54.7. The van der Waals surface area contributed by atoms with E-state index in [2.05, 4.69) is 0 Å². The average Bonchev–Trinajstić information content (AvgIpc) is 3.13. The number of hydrogen-bond donors (Lipinski definition) is 4. The predicted octanol–water partition coefficient (Wildman–Crippen LogP) is 2.77. The van der Waals surface area contributed by atoms with Crippen LogP contribution in [0.1, 0.15) is 115 Å². The van der Waals surface area contributed by atoms with E-state index in [0.717, 1.165) is 7.11 Å². The molecule has 13 atom stereocenters. The highest BCUT2D eigenvalue weighted by Crippen LogP contribution is 2.53. The molecule has 5 aliphatic rings. The molecule has 1 unspecified atom stereocenters. The number of benzene rings is 2. The van der Waals surface area contributed by atoms with Gasteiger partial charge >= 0.3 is 5.97 Å². The minimum Gasteiger partial charge on any atom is -0.507 e. The number of esters is 1. The number of rotatable bonds is 8. The van der Waals surface area contributed by atoms with Gasteiger partial charge in [-0.25, -0.2) is 0 Å². The molecule has 7 rings (SSSR count).